The SMILES string of the molecule is N#Cc1ccc(Cl)cc1NCC(O)C(F)F. The molecule has 0 saturated carbocycles. The van der Waals surface area contributed by atoms with Gasteiger partial charge in [-0.2, -0.15) is 5.26 Å². The van der Waals surface area contributed by atoms with Crippen LogP contribution in [0.4, 0.5) is 14.5 Å². The van der Waals surface area contributed by atoms with Crippen molar-refractivity contribution < 1.29 is 13.9 Å². The normalized spacial score (nSPS) is 12.2. The molecule has 1 rings (SSSR count). The molecule has 6 heteroatoms. The number of alkyl halides is 2. The molecule has 86 valence electrons. The number of rotatable bonds is 4. The fourth-order valence-corrected chi connectivity index (χ4v) is 1.24. The average molecular weight is 247 g/mol. The molecule has 0 bridgehead atoms. The molecule has 0 radical (unpaired) electrons. The third-order valence-corrected chi connectivity index (χ3v) is 2.13. The van der Waals surface area contributed by atoms with E-state index < -0.39 is 12.5 Å². The van der Waals surface area contributed by atoms with Crippen LogP contribution in [-0.2, 0) is 0 Å². The lowest BCUT2D eigenvalue weighted by Gasteiger charge is -2.12. The van der Waals surface area contributed by atoms with Gasteiger partial charge >= 0.3 is 0 Å². The number of aliphatic hydroxyl groups is 1. The summed E-state index contributed by atoms with van der Waals surface area (Å²) in [5.74, 6) is 0. The summed E-state index contributed by atoms with van der Waals surface area (Å²) in [7, 11) is 0. The quantitative estimate of drug-likeness (QED) is 0.857. The fraction of sp³-hybridized carbons (Fsp3) is 0.300. The summed E-state index contributed by atoms with van der Waals surface area (Å²) in [6.45, 7) is -0.341. The maximum Gasteiger partial charge on any atom is 0.265 e. The first-order valence-electron chi connectivity index (χ1n) is 4.44. The molecule has 1 aromatic rings. The van der Waals surface area contributed by atoms with Crippen LogP contribution in [0.3, 0.4) is 0 Å². The number of hydrogen-bond acceptors (Lipinski definition) is 3. The van der Waals surface area contributed by atoms with Crippen LogP contribution in [0.25, 0.3) is 0 Å². The number of nitrogens with one attached hydrogen (secondary N) is 1. The van der Waals surface area contributed by atoms with Gasteiger partial charge in [0.25, 0.3) is 6.43 Å². The summed E-state index contributed by atoms with van der Waals surface area (Å²) >= 11 is 5.69. The van der Waals surface area contributed by atoms with E-state index in [1.54, 1.807) is 0 Å². The second kappa shape index (κ2) is 5.64. The number of aliphatic hydroxyl groups excluding tert-OH is 1. The maximum absolute atomic E-state index is 12.0. The summed E-state index contributed by atoms with van der Waals surface area (Å²) in [5.41, 5.74) is 0.612. The lowest BCUT2D eigenvalue weighted by atomic mass is 10.2. The van der Waals surface area contributed by atoms with Crippen LogP contribution in [0, 0.1) is 11.3 Å². The number of nitriles is 1. The Hall–Kier alpha value is -1.38. The van der Waals surface area contributed by atoms with Gasteiger partial charge in [0.2, 0.25) is 0 Å². The molecule has 0 amide bonds. The number of hydrogen-bond donors (Lipinski definition) is 2. The zero-order valence-electron chi connectivity index (χ0n) is 8.12. The monoisotopic (exact) mass is 246 g/mol. The van der Waals surface area contributed by atoms with Crippen molar-refractivity contribution in [3.05, 3.63) is 28.8 Å². The van der Waals surface area contributed by atoms with Crippen LogP contribution >= 0.6 is 11.6 Å². The minimum Gasteiger partial charge on any atom is -0.385 e. The molecular weight excluding hydrogens is 238 g/mol. The molecule has 16 heavy (non-hydrogen) atoms. The topological polar surface area (TPSA) is 56.0 Å². The molecule has 0 spiro atoms. The average Bonchev–Trinajstić information content (AvgIpc) is 2.25. The largest absolute Gasteiger partial charge is 0.385 e. The van der Waals surface area contributed by atoms with Gasteiger partial charge in [-0.3, -0.25) is 0 Å². The van der Waals surface area contributed by atoms with Gasteiger partial charge in [-0.15, -0.1) is 0 Å². The number of nitrogens with zero attached hydrogens (tertiary/aromatic N) is 1. The van der Waals surface area contributed by atoms with E-state index in [0.717, 1.165) is 0 Å². The summed E-state index contributed by atoms with van der Waals surface area (Å²) in [6.07, 6.45) is -4.59. The predicted molar refractivity (Wildman–Crippen MR) is 56.7 cm³/mol. The highest BCUT2D eigenvalue weighted by Gasteiger charge is 2.16. The van der Waals surface area contributed by atoms with Crippen molar-refractivity contribution in [1.29, 1.82) is 5.26 Å². The molecular formula is C10H9ClF2N2O. The van der Waals surface area contributed by atoms with E-state index in [2.05, 4.69) is 5.32 Å². The second-order valence-corrected chi connectivity index (χ2v) is 3.52. The van der Waals surface area contributed by atoms with Gasteiger partial charge in [-0.1, -0.05) is 11.6 Å². The summed E-state index contributed by atoms with van der Waals surface area (Å²) in [4.78, 5) is 0. The Balaban J connectivity index is 2.73. The summed E-state index contributed by atoms with van der Waals surface area (Å²) in [5, 5.41) is 20.6. The van der Waals surface area contributed by atoms with Gasteiger partial charge in [-0.05, 0) is 18.2 Å². The summed E-state index contributed by atoms with van der Waals surface area (Å²) < 4.78 is 24.0. The number of halogens is 3. The third kappa shape index (κ3) is 3.33. The molecule has 0 aromatic heterocycles. The Morgan fingerprint density at radius 3 is 2.75 bits per heavy atom. The third-order valence-electron chi connectivity index (χ3n) is 1.89. The van der Waals surface area contributed by atoms with Crippen molar-refractivity contribution in [1.82, 2.24) is 0 Å². The first-order valence-corrected chi connectivity index (χ1v) is 4.82. The van der Waals surface area contributed by atoms with Gasteiger partial charge in [-0.25, -0.2) is 8.78 Å². The highest BCUT2D eigenvalue weighted by Crippen LogP contribution is 2.20. The van der Waals surface area contributed by atoms with Gasteiger partial charge in [0.1, 0.15) is 12.2 Å². The second-order valence-electron chi connectivity index (χ2n) is 3.08. The molecule has 0 aliphatic rings. The molecule has 3 nitrogen and oxygen atoms in total. The Morgan fingerprint density at radius 2 is 2.19 bits per heavy atom. The standard InChI is InChI=1S/C10H9ClF2N2O/c11-7-2-1-6(4-14)8(3-7)15-5-9(16)10(12)13/h1-3,9-10,15-16H,5H2. The molecule has 0 fully saturated rings. The van der Waals surface area contributed by atoms with Crippen LogP contribution < -0.4 is 5.32 Å². The Kier molecular flexibility index (Phi) is 4.47. The van der Waals surface area contributed by atoms with Crippen molar-refractivity contribution >= 4 is 17.3 Å². The molecule has 2 N–H and O–H groups in total. The first kappa shape index (κ1) is 12.7. The molecule has 0 aliphatic heterocycles. The van der Waals surface area contributed by atoms with E-state index in [0.29, 0.717) is 10.7 Å². The highest BCUT2D eigenvalue weighted by molar-refractivity contribution is 6.30. The zero-order valence-corrected chi connectivity index (χ0v) is 8.88. The van der Waals surface area contributed by atoms with E-state index >= 15 is 0 Å². The lowest BCUT2D eigenvalue weighted by molar-refractivity contribution is 0.00384. The zero-order chi connectivity index (χ0) is 12.1. The van der Waals surface area contributed by atoms with Gasteiger partial charge in [0, 0.05) is 11.6 Å². The van der Waals surface area contributed by atoms with Gasteiger partial charge < -0.3 is 10.4 Å². The number of anilines is 1. The van der Waals surface area contributed by atoms with Crippen LogP contribution in [-0.4, -0.2) is 24.2 Å². The fourth-order valence-electron chi connectivity index (χ4n) is 1.06. The van der Waals surface area contributed by atoms with E-state index in [1.165, 1.54) is 18.2 Å². The summed E-state index contributed by atoms with van der Waals surface area (Å²) in [6, 6.07) is 6.32. The predicted octanol–water partition coefficient (Wildman–Crippen LogP) is 2.25. The molecule has 0 heterocycles. The van der Waals surface area contributed by atoms with E-state index in [9.17, 15) is 8.78 Å². The lowest BCUT2D eigenvalue weighted by Crippen LogP contribution is -2.27. The molecule has 0 saturated heterocycles. The minimum absolute atomic E-state index is 0.283. The van der Waals surface area contributed by atoms with E-state index in [1.807, 2.05) is 6.07 Å². The van der Waals surface area contributed by atoms with E-state index in [4.69, 9.17) is 22.0 Å². The Labute approximate surface area is 96.3 Å². The van der Waals surface area contributed by atoms with Crippen molar-refractivity contribution in [3.8, 4) is 6.07 Å². The highest BCUT2D eigenvalue weighted by atomic mass is 35.5. The smallest absolute Gasteiger partial charge is 0.265 e. The molecule has 1 unspecified atom stereocenters. The Morgan fingerprint density at radius 1 is 1.50 bits per heavy atom. The van der Waals surface area contributed by atoms with E-state index in [-0.39, 0.29) is 12.1 Å². The van der Waals surface area contributed by atoms with Crippen molar-refractivity contribution in [3.63, 3.8) is 0 Å². The molecule has 1 aromatic carbocycles. The Bertz CT molecular complexity index is 406. The van der Waals surface area contributed by atoms with Crippen LogP contribution in [0.5, 0.6) is 0 Å². The molecule has 0 aliphatic carbocycles. The van der Waals surface area contributed by atoms with Crippen LogP contribution in [0.1, 0.15) is 5.56 Å². The van der Waals surface area contributed by atoms with Crippen LogP contribution in [0.2, 0.25) is 5.02 Å². The van der Waals surface area contributed by atoms with Gasteiger partial charge in [0.05, 0.1) is 11.3 Å². The van der Waals surface area contributed by atoms with Crippen LogP contribution in [0.15, 0.2) is 18.2 Å². The number of benzene rings is 1. The van der Waals surface area contributed by atoms with Crippen molar-refractivity contribution in [2.75, 3.05) is 11.9 Å². The minimum atomic E-state index is -2.82. The molecule has 1 atom stereocenters. The first-order chi connectivity index (χ1) is 7.54. The van der Waals surface area contributed by atoms with Crippen molar-refractivity contribution in [2.45, 2.75) is 12.5 Å². The maximum atomic E-state index is 12.0. The van der Waals surface area contributed by atoms with Gasteiger partial charge in [0.15, 0.2) is 0 Å². The van der Waals surface area contributed by atoms with Crippen molar-refractivity contribution in [2.24, 2.45) is 0 Å².